The largest absolute Gasteiger partial charge is 0.371 e. The van der Waals surface area contributed by atoms with Crippen LogP contribution in [-0.4, -0.2) is 27.9 Å². The molecule has 0 atom stereocenters. The van der Waals surface area contributed by atoms with E-state index in [-0.39, 0.29) is 22.4 Å². The molecule has 0 saturated heterocycles. The number of para-hydroxylation sites is 3. The second-order valence-corrected chi connectivity index (χ2v) is 6.34. The number of fused-ring (bicyclic) bond motifs is 1. The summed E-state index contributed by atoms with van der Waals surface area (Å²) in [6, 6.07) is 13.3. The van der Waals surface area contributed by atoms with Gasteiger partial charge >= 0.3 is 22.4 Å². The molecule has 0 unspecified atom stereocenters. The number of amides is 1. The Hall–Kier alpha value is -3.81. The van der Waals surface area contributed by atoms with E-state index in [2.05, 4.69) is 5.32 Å². The lowest BCUT2D eigenvalue weighted by Gasteiger charge is -2.06. The Kier molecular flexibility index (Phi) is 5.04. The molecule has 0 aliphatic rings. The number of ketones is 2. The van der Waals surface area contributed by atoms with Gasteiger partial charge in [-0.05, 0) is 18.6 Å². The zero-order valence-corrected chi connectivity index (χ0v) is 15.3. The molecular formula is C20H19N3O5+2. The summed E-state index contributed by atoms with van der Waals surface area (Å²) in [6.07, 6.45) is -0.753. The van der Waals surface area contributed by atoms with Crippen LogP contribution in [0.2, 0.25) is 0 Å². The first kappa shape index (κ1) is 19.0. The van der Waals surface area contributed by atoms with E-state index in [1.54, 1.807) is 49.4 Å². The summed E-state index contributed by atoms with van der Waals surface area (Å²) in [5.41, 5.74) is 1.46. The quantitative estimate of drug-likeness (QED) is 0.203. The minimum Gasteiger partial charge on any atom is -0.319 e. The van der Waals surface area contributed by atoms with Gasteiger partial charge in [-0.25, -0.2) is 0 Å². The average Bonchev–Trinajstić information content (AvgIpc) is 2.68. The molecular weight excluding hydrogens is 362 g/mol. The lowest BCUT2D eigenvalue weighted by molar-refractivity contribution is -0.924. The molecule has 1 aromatic heterocycles. The lowest BCUT2D eigenvalue weighted by atomic mass is 10.1. The molecule has 3 aromatic rings. The Morgan fingerprint density at radius 1 is 0.893 bits per heavy atom. The van der Waals surface area contributed by atoms with E-state index >= 15 is 0 Å². The summed E-state index contributed by atoms with van der Waals surface area (Å²) in [5.74, 6) is -2.67. The highest BCUT2D eigenvalue weighted by Crippen LogP contribution is 2.14. The second kappa shape index (κ2) is 7.43. The minimum atomic E-state index is -0.953. The third-order valence-corrected chi connectivity index (χ3v) is 4.44. The molecule has 3 N–H and O–H groups in total. The predicted octanol–water partition coefficient (Wildman–Crippen LogP) is 1.29. The monoisotopic (exact) mass is 381 g/mol. The minimum absolute atomic E-state index is 0.0401. The maximum atomic E-state index is 12.6. The van der Waals surface area contributed by atoms with Gasteiger partial charge in [0, 0.05) is 34.2 Å². The summed E-state index contributed by atoms with van der Waals surface area (Å²) >= 11 is 0. The summed E-state index contributed by atoms with van der Waals surface area (Å²) in [7, 11) is 0. The van der Waals surface area contributed by atoms with Crippen LogP contribution in [0.15, 0.2) is 48.5 Å². The van der Waals surface area contributed by atoms with Gasteiger partial charge in [-0.1, -0.05) is 30.3 Å². The fourth-order valence-corrected chi connectivity index (χ4v) is 2.91. The molecule has 3 rings (SSSR count). The van der Waals surface area contributed by atoms with Gasteiger partial charge in [0.1, 0.15) is 0 Å². The van der Waals surface area contributed by atoms with Crippen LogP contribution in [0.25, 0.3) is 11.0 Å². The average molecular weight is 381 g/mol. The van der Waals surface area contributed by atoms with E-state index in [1.165, 1.54) is 13.0 Å². The van der Waals surface area contributed by atoms with Gasteiger partial charge in [0.05, 0.1) is 6.42 Å². The molecule has 0 spiro atoms. The van der Waals surface area contributed by atoms with Gasteiger partial charge in [0.15, 0.2) is 0 Å². The summed E-state index contributed by atoms with van der Waals surface area (Å²) in [6.45, 7) is 3.20. The van der Waals surface area contributed by atoms with Crippen LogP contribution in [0.4, 0.5) is 5.69 Å². The third kappa shape index (κ3) is 3.39. The molecule has 0 fully saturated rings. The van der Waals surface area contributed by atoms with Crippen LogP contribution < -0.4 is 14.8 Å². The first-order valence-electron chi connectivity index (χ1n) is 8.52. The van der Waals surface area contributed by atoms with Crippen molar-refractivity contribution >= 4 is 34.2 Å². The first-order valence-corrected chi connectivity index (χ1v) is 8.52. The molecule has 0 bridgehead atoms. The van der Waals surface area contributed by atoms with Crippen LogP contribution in [0.1, 0.15) is 28.2 Å². The van der Waals surface area contributed by atoms with Crippen molar-refractivity contribution in [1.82, 2.24) is 0 Å². The van der Waals surface area contributed by atoms with Crippen LogP contribution >= 0.6 is 0 Å². The van der Waals surface area contributed by atoms with E-state index in [1.807, 2.05) is 0 Å². The summed E-state index contributed by atoms with van der Waals surface area (Å²) in [5, 5.41) is 23.1. The Morgan fingerprint density at radius 2 is 1.46 bits per heavy atom. The molecule has 0 saturated carbocycles. The van der Waals surface area contributed by atoms with Gasteiger partial charge in [-0.2, -0.15) is 0 Å². The number of anilines is 1. The molecule has 0 aliphatic carbocycles. The number of nitrogens with one attached hydrogen (secondary N) is 1. The number of aryl methyl sites for hydroxylation is 1. The Labute approximate surface area is 160 Å². The van der Waals surface area contributed by atoms with Crippen molar-refractivity contribution < 1.29 is 34.3 Å². The normalized spacial score (nSPS) is 10.6. The van der Waals surface area contributed by atoms with Crippen LogP contribution in [0.5, 0.6) is 0 Å². The van der Waals surface area contributed by atoms with Crippen LogP contribution in [-0.2, 0) is 9.59 Å². The van der Waals surface area contributed by atoms with Gasteiger partial charge in [0.2, 0.25) is 11.6 Å². The van der Waals surface area contributed by atoms with Crippen molar-refractivity contribution in [3.05, 3.63) is 65.5 Å². The molecule has 8 nitrogen and oxygen atoms in total. The van der Waals surface area contributed by atoms with Crippen molar-refractivity contribution in [3.8, 4) is 0 Å². The fourth-order valence-electron chi connectivity index (χ4n) is 2.91. The third-order valence-electron chi connectivity index (χ3n) is 4.44. The van der Waals surface area contributed by atoms with Crippen LogP contribution in [0.3, 0.4) is 0 Å². The van der Waals surface area contributed by atoms with E-state index in [0.717, 1.165) is 10.3 Å². The highest BCUT2D eigenvalue weighted by Gasteiger charge is 2.38. The molecule has 0 aliphatic heterocycles. The number of carbonyl (C=O) groups is 3. The number of benzene rings is 2. The fraction of sp³-hybridized carbons (Fsp3) is 0.150. The molecule has 142 valence electrons. The number of hydrogen-bond acceptors (Lipinski definition) is 5. The number of rotatable bonds is 5. The van der Waals surface area contributed by atoms with Crippen molar-refractivity contribution in [2.45, 2.75) is 20.3 Å². The van der Waals surface area contributed by atoms with Crippen LogP contribution in [0, 0.1) is 13.8 Å². The van der Waals surface area contributed by atoms with Gasteiger partial charge in [-0.3, -0.25) is 24.8 Å². The molecule has 2 aromatic carbocycles. The molecule has 0 radical (unpaired) electrons. The maximum absolute atomic E-state index is 12.6. The zero-order chi connectivity index (χ0) is 20.4. The van der Waals surface area contributed by atoms with Gasteiger partial charge in [-0.15, -0.1) is 0 Å². The van der Waals surface area contributed by atoms with E-state index in [4.69, 9.17) is 0 Å². The number of aromatic nitrogens is 2. The van der Waals surface area contributed by atoms with Crippen molar-refractivity contribution in [2.24, 2.45) is 0 Å². The van der Waals surface area contributed by atoms with Crippen molar-refractivity contribution in [2.75, 3.05) is 5.32 Å². The van der Waals surface area contributed by atoms with Gasteiger partial charge in [0.25, 0.3) is 5.91 Å². The summed E-state index contributed by atoms with van der Waals surface area (Å²) < 4.78 is 1.37. The molecule has 1 heterocycles. The lowest BCUT2D eigenvalue weighted by Crippen LogP contribution is -2.49. The molecule has 1 amide bonds. The number of nitrogens with zero attached hydrogens (tertiary/aromatic N) is 2. The summed E-state index contributed by atoms with van der Waals surface area (Å²) in [4.78, 5) is 37.0. The van der Waals surface area contributed by atoms with E-state index < -0.39 is 23.9 Å². The smallest absolute Gasteiger partial charge is 0.319 e. The highest BCUT2D eigenvalue weighted by atomic mass is 16.5. The number of carbonyl (C=O) groups excluding carboxylic acids is 3. The Balaban J connectivity index is 1.86. The second-order valence-electron chi connectivity index (χ2n) is 6.34. The zero-order valence-electron chi connectivity index (χ0n) is 15.3. The van der Waals surface area contributed by atoms with Crippen molar-refractivity contribution in [3.63, 3.8) is 0 Å². The van der Waals surface area contributed by atoms with Gasteiger partial charge < -0.3 is 5.32 Å². The Bertz CT molecular complexity index is 1120. The predicted molar refractivity (Wildman–Crippen MR) is 97.2 cm³/mol. The SMILES string of the molecule is Cc1ccccc1NC(=O)C(=O)CC(=O)c1c(C)[n+](O)c2ccccc2[n+]1O. The first-order chi connectivity index (χ1) is 13.3. The standard InChI is InChI=1S/C20H18N3O5/c1-12-7-3-4-8-14(12)21-20(26)18(25)11-17(24)19-13(2)22(27)15-9-5-6-10-16(15)23(19)28/h3-10H,11H2,1-2H3,(H2-,21,24,25,26,27,28)/q+1/p+1. The van der Waals surface area contributed by atoms with Crippen molar-refractivity contribution in [1.29, 1.82) is 0 Å². The molecule has 8 heteroatoms. The maximum Gasteiger partial charge on any atom is 0.371 e. The number of hydrogen-bond donors (Lipinski definition) is 3. The molecule has 28 heavy (non-hydrogen) atoms. The van der Waals surface area contributed by atoms with E-state index in [9.17, 15) is 24.8 Å². The highest BCUT2D eigenvalue weighted by molar-refractivity contribution is 6.44. The number of Topliss-reactive ketones (excluding diaryl/α,β-unsaturated/α-hetero) is 2. The van der Waals surface area contributed by atoms with E-state index in [0.29, 0.717) is 10.4 Å². The topological polar surface area (TPSA) is 111 Å². The Morgan fingerprint density at radius 3 is 2.11 bits per heavy atom.